The third-order valence-electron chi connectivity index (χ3n) is 3.45. The fraction of sp³-hybridized carbons (Fsp3) is 0.722. The van der Waals surface area contributed by atoms with Crippen molar-refractivity contribution in [3.05, 3.63) is 24.3 Å². The van der Waals surface area contributed by atoms with Gasteiger partial charge in [0.25, 0.3) is 0 Å². The zero-order valence-corrected chi connectivity index (χ0v) is 13.5. The van der Waals surface area contributed by atoms with Crippen LogP contribution in [0.2, 0.25) is 0 Å². The minimum atomic E-state index is -1.23. The number of hydrogen-bond donors (Lipinski definition) is 2. The molecule has 0 amide bonds. The lowest BCUT2D eigenvalue weighted by atomic mass is 10.1. The molecular formula is C18H32O3. The van der Waals surface area contributed by atoms with Gasteiger partial charge in [-0.05, 0) is 38.5 Å². The first-order chi connectivity index (χ1) is 10.2. The maximum absolute atomic E-state index is 10.4. The van der Waals surface area contributed by atoms with Crippen LogP contribution in [-0.4, -0.2) is 22.3 Å². The molecule has 21 heavy (non-hydrogen) atoms. The molecule has 0 aromatic rings. The molecular weight excluding hydrogens is 264 g/mol. The van der Waals surface area contributed by atoms with E-state index in [9.17, 15) is 4.79 Å². The SMILES string of the molecule is CCCCCCCCC=CCCC=CCCC(O)C(=O)O. The first-order valence-electron chi connectivity index (χ1n) is 8.39. The Balaban J connectivity index is 3.30. The number of aliphatic hydroxyl groups is 1. The van der Waals surface area contributed by atoms with Crippen molar-refractivity contribution in [3.8, 4) is 0 Å². The number of unbranched alkanes of at least 4 members (excludes halogenated alkanes) is 7. The summed E-state index contributed by atoms with van der Waals surface area (Å²) in [5.74, 6) is -1.14. The highest BCUT2D eigenvalue weighted by molar-refractivity contribution is 5.71. The van der Waals surface area contributed by atoms with Gasteiger partial charge in [0.15, 0.2) is 6.10 Å². The van der Waals surface area contributed by atoms with Gasteiger partial charge in [-0.1, -0.05) is 63.3 Å². The van der Waals surface area contributed by atoms with Gasteiger partial charge in [-0.15, -0.1) is 0 Å². The van der Waals surface area contributed by atoms with Gasteiger partial charge >= 0.3 is 5.97 Å². The van der Waals surface area contributed by atoms with E-state index in [1.54, 1.807) is 0 Å². The number of carboxylic acids is 1. The second-order valence-electron chi connectivity index (χ2n) is 5.51. The molecule has 0 spiro atoms. The molecule has 0 aliphatic heterocycles. The van der Waals surface area contributed by atoms with Crippen LogP contribution in [0, 0.1) is 0 Å². The van der Waals surface area contributed by atoms with Crippen LogP contribution in [0.3, 0.4) is 0 Å². The quantitative estimate of drug-likeness (QED) is 0.355. The third-order valence-corrected chi connectivity index (χ3v) is 3.45. The Kier molecular flexibility index (Phi) is 14.5. The van der Waals surface area contributed by atoms with Crippen LogP contribution < -0.4 is 0 Å². The Morgan fingerprint density at radius 3 is 2.00 bits per heavy atom. The molecule has 0 radical (unpaired) electrons. The zero-order chi connectivity index (χ0) is 15.8. The number of carbonyl (C=O) groups is 1. The second kappa shape index (κ2) is 15.3. The normalized spacial score (nSPS) is 13.2. The minimum Gasteiger partial charge on any atom is -0.479 e. The summed E-state index contributed by atoms with van der Waals surface area (Å²) in [7, 11) is 0. The predicted octanol–water partition coefficient (Wildman–Crippen LogP) is 4.86. The summed E-state index contributed by atoms with van der Waals surface area (Å²) in [6, 6.07) is 0. The monoisotopic (exact) mass is 296 g/mol. The van der Waals surface area contributed by atoms with Gasteiger partial charge in [-0.3, -0.25) is 0 Å². The number of aliphatic hydroxyl groups excluding tert-OH is 1. The number of rotatable bonds is 14. The Labute approximate surface area is 129 Å². The minimum absolute atomic E-state index is 0.291. The highest BCUT2D eigenvalue weighted by Crippen LogP contribution is 2.07. The standard InChI is InChI=1S/C18H32O3/c1-2-3-4-5-6-7-8-9-10-11-12-13-14-15-16-17(19)18(20)21/h9-10,13-14,17,19H,2-8,11-12,15-16H2,1H3,(H,20,21). The van der Waals surface area contributed by atoms with Crippen LogP contribution in [0.15, 0.2) is 24.3 Å². The van der Waals surface area contributed by atoms with E-state index >= 15 is 0 Å². The lowest BCUT2D eigenvalue weighted by Crippen LogP contribution is -2.18. The van der Waals surface area contributed by atoms with Gasteiger partial charge in [0, 0.05) is 0 Å². The summed E-state index contributed by atoms with van der Waals surface area (Å²) in [4.78, 5) is 10.4. The van der Waals surface area contributed by atoms with Gasteiger partial charge < -0.3 is 10.2 Å². The third kappa shape index (κ3) is 15.1. The molecule has 0 aromatic heterocycles. The van der Waals surface area contributed by atoms with Gasteiger partial charge in [-0.25, -0.2) is 4.79 Å². The van der Waals surface area contributed by atoms with E-state index in [2.05, 4.69) is 25.2 Å². The topological polar surface area (TPSA) is 57.5 Å². The number of hydrogen-bond acceptors (Lipinski definition) is 2. The van der Waals surface area contributed by atoms with Crippen molar-refractivity contribution in [1.82, 2.24) is 0 Å². The molecule has 0 aromatic carbocycles. The summed E-state index contributed by atoms with van der Waals surface area (Å²) in [5, 5.41) is 17.6. The van der Waals surface area contributed by atoms with Crippen LogP contribution in [0.4, 0.5) is 0 Å². The summed E-state index contributed by atoms with van der Waals surface area (Å²) in [5.41, 5.74) is 0. The van der Waals surface area contributed by atoms with E-state index in [1.165, 1.54) is 44.9 Å². The maximum Gasteiger partial charge on any atom is 0.332 e. The first-order valence-corrected chi connectivity index (χ1v) is 8.39. The molecule has 0 rings (SSSR count). The maximum atomic E-state index is 10.4. The van der Waals surface area contributed by atoms with Crippen LogP contribution in [0.1, 0.15) is 77.6 Å². The molecule has 0 aliphatic carbocycles. The molecule has 122 valence electrons. The van der Waals surface area contributed by atoms with Crippen molar-refractivity contribution in [2.45, 2.75) is 83.7 Å². The summed E-state index contributed by atoms with van der Waals surface area (Å²) in [6.45, 7) is 2.24. The largest absolute Gasteiger partial charge is 0.479 e. The fourth-order valence-corrected chi connectivity index (χ4v) is 2.08. The van der Waals surface area contributed by atoms with E-state index in [4.69, 9.17) is 10.2 Å². The molecule has 0 saturated carbocycles. The Bertz CT molecular complexity index is 295. The summed E-state index contributed by atoms with van der Waals surface area (Å²) >= 11 is 0. The van der Waals surface area contributed by atoms with Crippen molar-refractivity contribution in [2.24, 2.45) is 0 Å². The molecule has 0 fully saturated rings. The first kappa shape index (κ1) is 19.9. The number of allylic oxidation sites excluding steroid dienone is 4. The van der Waals surface area contributed by atoms with Crippen molar-refractivity contribution < 1.29 is 15.0 Å². The van der Waals surface area contributed by atoms with Gasteiger partial charge in [0.2, 0.25) is 0 Å². The zero-order valence-electron chi connectivity index (χ0n) is 13.5. The van der Waals surface area contributed by atoms with Crippen LogP contribution in [-0.2, 0) is 4.79 Å². The van der Waals surface area contributed by atoms with E-state index in [0.717, 1.165) is 12.8 Å². The average Bonchev–Trinajstić information content (AvgIpc) is 2.47. The van der Waals surface area contributed by atoms with Crippen molar-refractivity contribution in [1.29, 1.82) is 0 Å². The van der Waals surface area contributed by atoms with Crippen LogP contribution in [0.5, 0.6) is 0 Å². The summed E-state index contributed by atoms with van der Waals surface area (Å²) in [6.07, 6.45) is 19.4. The molecule has 1 unspecified atom stereocenters. The van der Waals surface area contributed by atoms with E-state index in [0.29, 0.717) is 12.8 Å². The second-order valence-corrected chi connectivity index (χ2v) is 5.51. The van der Waals surface area contributed by atoms with Gasteiger partial charge in [0.1, 0.15) is 0 Å². The molecule has 3 heteroatoms. The van der Waals surface area contributed by atoms with E-state index < -0.39 is 12.1 Å². The highest BCUT2D eigenvalue weighted by atomic mass is 16.4. The molecule has 2 N–H and O–H groups in total. The molecule has 0 saturated heterocycles. The number of carboxylic acid groups (broad SMARTS) is 1. The Morgan fingerprint density at radius 1 is 0.857 bits per heavy atom. The van der Waals surface area contributed by atoms with Crippen LogP contribution in [0.25, 0.3) is 0 Å². The lowest BCUT2D eigenvalue weighted by Gasteiger charge is -2.00. The Morgan fingerprint density at radius 2 is 1.38 bits per heavy atom. The summed E-state index contributed by atoms with van der Waals surface area (Å²) < 4.78 is 0. The van der Waals surface area contributed by atoms with Gasteiger partial charge in [0.05, 0.1) is 0 Å². The molecule has 0 aliphatic rings. The predicted molar refractivity (Wildman–Crippen MR) is 88.4 cm³/mol. The number of aliphatic carboxylic acids is 1. The average molecular weight is 296 g/mol. The highest BCUT2D eigenvalue weighted by Gasteiger charge is 2.10. The van der Waals surface area contributed by atoms with E-state index in [1.807, 2.05) is 6.08 Å². The molecule has 1 atom stereocenters. The fourth-order valence-electron chi connectivity index (χ4n) is 2.08. The Hall–Kier alpha value is -1.09. The van der Waals surface area contributed by atoms with Gasteiger partial charge in [-0.2, -0.15) is 0 Å². The van der Waals surface area contributed by atoms with Crippen molar-refractivity contribution in [3.63, 3.8) is 0 Å². The van der Waals surface area contributed by atoms with Crippen molar-refractivity contribution >= 4 is 5.97 Å². The van der Waals surface area contributed by atoms with E-state index in [-0.39, 0.29) is 0 Å². The molecule has 0 bridgehead atoms. The molecule has 3 nitrogen and oxygen atoms in total. The van der Waals surface area contributed by atoms with Crippen molar-refractivity contribution in [2.75, 3.05) is 0 Å². The molecule has 0 heterocycles. The lowest BCUT2D eigenvalue weighted by molar-refractivity contribution is -0.146. The van der Waals surface area contributed by atoms with Crippen LogP contribution >= 0.6 is 0 Å². The smallest absolute Gasteiger partial charge is 0.332 e.